The first-order valence-electron chi connectivity index (χ1n) is 6.58. The molecule has 0 aromatic carbocycles. The number of hydrogen-bond acceptors (Lipinski definition) is 3. The Hall–Kier alpha value is -1.42. The molecule has 1 aliphatic heterocycles. The standard InChI is InChI=1S/C14H21N3O/c1-11-5-7-17(8-6-11)10-14(18)16-13-4-3-12(2)9-15-13/h3-4,9,11H,5-8,10H2,1-2H3,(H,15,16,18). The number of amides is 1. The largest absolute Gasteiger partial charge is 0.310 e. The highest BCUT2D eigenvalue weighted by molar-refractivity contribution is 5.91. The summed E-state index contributed by atoms with van der Waals surface area (Å²) in [7, 11) is 0. The number of piperidine rings is 1. The SMILES string of the molecule is Cc1ccc(NC(=O)CN2CCC(C)CC2)nc1. The summed E-state index contributed by atoms with van der Waals surface area (Å²) in [5, 5.41) is 2.84. The van der Waals surface area contributed by atoms with Crippen LogP contribution in [-0.2, 0) is 4.79 Å². The third-order valence-corrected chi connectivity index (χ3v) is 3.42. The van der Waals surface area contributed by atoms with Crippen LogP contribution in [0.2, 0.25) is 0 Å². The fourth-order valence-electron chi connectivity index (χ4n) is 2.15. The molecule has 1 aromatic rings. The van der Waals surface area contributed by atoms with Gasteiger partial charge in [0.15, 0.2) is 0 Å². The average Bonchev–Trinajstić information content (AvgIpc) is 2.35. The maximum Gasteiger partial charge on any atom is 0.239 e. The second-order valence-corrected chi connectivity index (χ2v) is 5.23. The van der Waals surface area contributed by atoms with Crippen LogP contribution in [0.5, 0.6) is 0 Å². The van der Waals surface area contributed by atoms with Crippen LogP contribution in [0.1, 0.15) is 25.3 Å². The molecule has 0 radical (unpaired) electrons. The van der Waals surface area contributed by atoms with E-state index in [-0.39, 0.29) is 5.91 Å². The Morgan fingerprint density at radius 3 is 2.78 bits per heavy atom. The van der Waals surface area contributed by atoms with Crippen molar-refractivity contribution in [2.45, 2.75) is 26.7 Å². The predicted octanol–water partition coefficient (Wildman–Crippen LogP) is 2.06. The zero-order chi connectivity index (χ0) is 13.0. The number of aryl methyl sites for hydroxylation is 1. The molecule has 0 aliphatic carbocycles. The normalized spacial score (nSPS) is 17.7. The Morgan fingerprint density at radius 1 is 1.44 bits per heavy atom. The van der Waals surface area contributed by atoms with Crippen molar-refractivity contribution in [2.75, 3.05) is 25.0 Å². The fourth-order valence-corrected chi connectivity index (χ4v) is 2.15. The smallest absolute Gasteiger partial charge is 0.239 e. The molecule has 1 N–H and O–H groups in total. The van der Waals surface area contributed by atoms with Gasteiger partial charge in [0, 0.05) is 6.20 Å². The second kappa shape index (κ2) is 5.96. The summed E-state index contributed by atoms with van der Waals surface area (Å²) in [6, 6.07) is 3.79. The molecule has 0 saturated carbocycles. The van der Waals surface area contributed by atoms with Crippen LogP contribution in [0.3, 0.4) is 0 Å². The summed E-state index contributed by atoms with van der Waals surface area (Å²) in [6.45, 7) is 6.77. The zero-order valence-corrected chi connectivity index (χ0v) is 11.1. The van der Waals surface area contributed by atoms with E-state index in [1.165, 1.54) is 12.8 Å². The van der Waals surface area contributed by atoms with Crippen LogP contribution in [0.25, 0.3) is 0 Å². The van der Waals surface area contributed by atoms with Crippen molar-refractivity contribution < 1.29 is 4.79 Å². The van der Waals surface area contributed by atoms with Crippen molar-refractivity contribution in [3.8, 4) is 0 Å². The van der Waals surface area contributed by atoms with Gasteiger partial charge in [0.25, 0.3) is 0 Å². The minimum atomic E-state index is 0.0286. The predicted molar refractivity (Wildman–Crippen MR) is 72.4 cm³/mol. The van der Waals surface area contributed by atoms with Gasteiger partial charge in [-0.1, -0.05) is 13.0 Å². The lowest BCUT2D eigenvalue weighted by molar-refractivity contribution is -0.117. The number of nitrogens with zero attached hydrogens (tertiary/aromatic N) is 2. The summed E-state index contributed by atoms with van der Waals surface area (Å²) in [5.41, 5.74) is 1.10. The van der Waals surface area contributed by atoms with Gasteiger partial charge in [0.2, 0.25) is 5.91 Å². The summed E-state index contributed by atoms with van der Waals surface area (Å²) in [6.07, 6.45) is 4.14. The highest BCUT2D eigenvalue weighted by Gasteiger charge is 2.17. The topological polar surface area (TPSA) is 45.2 Å². The Labute approximate surface area is 108 Å². The van der Waals surface area contributed by atoms with E-state index >= 15 is 0 Å². The maximum absolute atomic E-state index is 11.9. The van der Waals surface area contributed by atoms with E-state index in [1.807, 2.05) is 19.1 Å². The molecule has 98 valence electrons. The van der Waals surface area contributed by atoms with Gasteiger partial charge >= 0.3 is 0 Å². The highest BCUT2D eigenvalue weighted by Crippen LogP contribution is 2.15. The first-order valence-corrected chi connectivity index (χ1v) is 6.58. The third kappa shape index (κ3) is 3.81. The van der Waals surface area contributed by atoms with Crippen molar-refractivity contribution in [2.24, 2.45) is 5.92 Å². The van der Waals surface area contributed by atoms with Gasteiger partial charge in [0.1, 0.15) is 5.82 Å². The van der Waals surface area contributed by atoms with Crippen LogP contribution in [0.15, 0.2) is 18.3 Å². The Morgan fingerprint density at radius 2 is 2.17 bits per heavy atom. The molecule has 4 nitrogen and oxygen atoms in total. The molecule has 18 heavy (non-hydrogen) atoms. The Bertz CT molecular complexity index is 394. The summed E-state index contributed by atoms with van der Waals surface area (Å²) in [4.78, 5) is 18.2. The van der Waals surface area contributed by atoms with Gasteiger partial charge in [-0.3, -0.25) is 9.69 Å². The first-order chi connectivity index (χ1) is 8.63. The van der Waals surface area contributed by atoms with Gasteiger partial charge < -0.3 is 5.32 Å². The molecule has 1 fully saturated rings. The van der Waals surface area contributed by atoms with Crippen LogP contribution in [-0.4, -0.2) is 35.4 Å². The van der Waals surface area contributed by atoms with Crippen LogP contribution >= 0.6 is 0 Å². The lowest BCUT2D eigenvalue weighted by atomic mass is 9.99. The molecule has 1 aliphatic rings. The van der Waals surface area contributed by atoms with Gasteiger partial charge in [-0.25, -0.2) is 4.98 Å². The fraction of sp³-hybridized carbons (Fsp3) is 0.571. The molecule has 1 saturated heterocycles. The lowest BCUT2D eigenvalue weighted by Crippen LogP contribution is -2.38. The minimum Gasteiger partial charge on any atom is -0.310 e. The van der Waals surface area contributed by atoms with Gasteiger partial charge in [0.05, 0.1) is 6.54 Å². The third-order valence-electron chi connectivity index (χ3n) is 3.42. The molecule has 1 aromatic heterocycles. The van der Waals surface area contributed by atoms with Crippen molar-refractivity contribution in [3.63, 3.8) is 0 Å². The number of hydrogen-bond donors (Lipinski definition) is 1. The first kappa shape index (κ1) is 13.0. The molecule has 0 spiro atoms. The summed E-state index contributed by atoms with van der Waals surface area (Å²) in [5.74, 6) is 1.46. The molecule has 1 amide bonds. The van der Waals surface area contributed by atoms with E-state index in [9.17, 15) is 4.79 Å². The minimum absolute atomic E-state index is 0.0286. The van der Waals surface area contributed by atoms with E-state index in [0.29, 0.717) is 12.4 Å². The van der Waals surface area contributed by atoms with Crippen molar-refractivity contribution in [1.29, 1.82) is 0 Å². The number of anilines is 1. The van der Waals surface area contributed by atoms with Crippen molar-refractivity contribution in [3.05, 3.63) is 23.9 Å². The molecular formula is C14H21N3O. The molecule has 0 unspecified atom stereocenters. The molecular weight excluding hydrogens is 226 g/mol. The number of rotatable bonds is 3. The van der Waals surface area contributed by atoms with E-state index in [2.05, 4.69) is 22.1 Å². The van der Waals surface area contributed by atoms with E-state index in [0.717, 1.165) is 24.6 Å². The monoisotopic (exact) mass is 247 g/mol. The second-order valence-electron chi connectivity index (χ2n) is 5.23. The molecule has 0 bridgehead atoms. The lowest BCUT2D eigenvalue weighted by Gasteiger charge is -2.29. The van der Waals surface area contributed by atoms with Gasteiger partial charge in [-0.2, -0.15) is 0 Å². The number of carbonyl (C=O) groups is 1. The summed E-state index contributed by atoms with van der Waals surface area (Å²) < 4.78 is 0. The average molecular weight is 247 g/mol. The Kier molecular flexibility index (Phi) is 4.31. The number of carbonyl (C=O) groups excluding carboxylic acids is 1. The van der Waals surface area contributed by atoms with Gasteiger partial charge in [-0.15, -0.1) is 0 Å². The Balaban J connectivity index is 1.80. The van der Waals surface area contributed by atoms with Crippen LogP contribution < -0.4 is 5.32 Å². The molecule has 2 heterocycles. The number of nitrogens with one attached hydrogen (secondary N) is 1. The molecule has 2 rings (SSSR count). The molecule has 0 atom stereocenters. The number of aromatic nitrogens is 1. The highest BCUT2D eigenvalue weighted by atomic mass is 16.2. The van der Waals surface area contributed by atoms with Crippen LogP contribution in [0, 0.1) is 12.8 Å². The zero-order valence-electron chi connectivity index (χ0n) is 11.1. The number of likely N-dealkylation sites (tertiary alicyclic amines) is 1. The van der Waals surface area contributed by atoms with E-state index in [1.54, 1.807) is 6.20 Å². The number of pyridine rings is 1. The van der Waals surface area contributed by atoms with Crippen molar-refractivity contribution >= 4 is 11.7 Å². The van der Waals surface area contributed by atoms with E-state index in [4.69, 9.17) is 0 Å². The quantitative estimate of drug-likeness (QED) is 0.889. The van der Waals surface area contributed by atoms with Crippen molar-refractivity contribution in [1.82, 2.24) is 9.88 Å². The van der Waals surface area contributed by atoms with E-state index < -0.39 is 0 Å². The van der Waals surface area contributed by atoms with Gasteiger partial charge in [-0.05, 0) is 50.4 Å². The molecule has 4 heteroatoms. The van der Waals surface area contributed by atoms with Crippen LogP contribution in [0.4, 0.5) is 5.82 Å². The maximum atomic E-state index is 11.9. The summed E-state index contributed by atoms with van der Waals surface area (Å²) >= 11 is 0.